The highest BCUT2D eigenvalue weighted by Gasteiger charge is 2.31. The molecular weight excluding hydrogens is 320 g/mol. The normalized spacial score (nSPS) is 14.5. The molecule has 2 amide bonds. The first-order chi connectivity index (χ1) is 11.6. The van der Waals surface area contributed by atoms with Crippen molar-refractivity contribution in [1.29, 1.82) is 0 Å². The zero-order valence-corrected chi connectivity index (χ0v) is 14.8. The van der Waals surface area contributed by atoms with Gasteiger partial charge in [0.05, 0.1) is 4.88 Å². The number of carbonyl (C=O) groups excluding carboxylic acids is 2. The van der Waals surface area contributed by atoms with Crippen LogP contribution in [0.5, 0.6) is 0 Å². The molecule has 0 bridgehead atoms. The molecule has 4 nitrogen and oxygen atoms in total. The summed E-state index contributed by atoms with van der Waals surface area (Å²) in [4.78, 5) is 27.9. The van der Waals surface area contributed by atoms with E-state index in [0.717, 1.165) is 12.1 Å². The molecule has 1 aromatic heterocycles. The third kappa shape index (κ3) is 3.51. The van der Waals surface area contributed by atoms with Gasteiger partial charge in [0.2, 0.25) is 5.91 Å². The topological polar surface area (TPSA) is 49.4 Å². The van der Waals surface area contributed by atoms with Crippen LogP contribution in [0.4, 0.5) is 5.69 Å². The third-order valence-electron chi connectivity index (χ3n) is 4.21. The predicted octanol–water partition coefficient (Wildman–Crippen LogP) is 3.48. The Morgan fingerprint density at radius 1 is 1.21 bits per heavy atom. The fourth-order valence-electron chi connectivity index (χ4n) is 3.09. The molecule has 0 radical (unpaired) electrons. The van der Waals surface area contributed by atoms with Crippen molar-refractivity contribution in [2.75, 3.05) is 11.4 Å². The van der Waals surface area contributed by atoms with E-state index in [0.29, 0.717) is 23.8 Å². The smallest absolute Gasteiger partial charge is 0.261 e. The maximum absolute atomic E-state index is 13.1. The molecule has 1 N–H and O–H groups in total. The summed E-state index contributed by atoms with van der Waals surface area (Å²) in [6.07, 6.45) is 1.50. The minimum absolute atomic E-state index is 0.0152. The minimum Gasteiger partial charge on any atom is -0.340 e. The lowest BCUT2D eigenvalue weighted by atomic mass is 10.0. The fourth-order valence-corrected chi connectivity index (χ4v) is 3.71. The van der Waals surface area contributed by atoms with Gasteiger partial charge >= 0.3 is 0 Å². The largest absolute Gasteiger partial charge is 0.340 e. The highest BCUT2D eigenvalue weighted by atomic mass is 32.1. The van der Waals surface area contributed by atoms with Crippen LogP contribution in [0, 0.1) is 5.92 Å². The molecule has 1 aliphatic rings. The first-order valence-corrected chi connectivity index (χ1v) is 9.18. The Hall–Kier alpha value is -2.14. The Labute approximate surface area is 146 Å². The van der Waals surface area contributed by atoms with Crippen LogP contribution in [0.15, 0.2) is 41.8 Å². The Kier molecular flexibility index (Phi) is 5.00. The van der Waals surface area contributed by atoms with Crippen LogP contribution in [0.1, 0.15) is 35.5 Å². The van der Waals surface area contributed by atoms with Gasteiger partial charge < -0.3 is 10.2 Å². The molecule has 1 aromatic carbocycles. The Morgan fingerprint density at radius 2 is 2.00 bits per heavy atom. The molecule has 0 saturated carbocycles. The van der Waals surface area contributed by atoms with E-state index < -0.39 is 6.04 Å². The number of thiophene rings is 1. The highest BCUT2D eigenvalue weighted by molar-refractivity contribution is 7.12. The molecule has 126 valence electrons. The maximum atomic E-state index is 13.1. The van der Waals surface area contributed by atoms with Crippen molar-refractivity contribution in [3.05, 3.63) is 52.2 Å². The quantitative estimate of drug-likeness (QED) is 0.904. The molecule has 0 unspecified atom stereocenters. The molecule has 3 rings (SSSR count). The van der Waals surface area contributed by atoms with E-state index in [2.05, 4.69) is 25.2 Å². The van der Waals surface area contributed by atoms with Gasteiger partial charge in [0.1, 0.15) is 6.04 Å². The second-order valence-corrected chi connectivity index (χ2v) is 7.45. The summed E-state index contributed by atoms with van der Waals surface area (Å²) in [5, 5.41) is 4.80. The second-order valence-electron chi connectivity index (χ2n) is 6.50. The van der Waals surface area contributed by atoms with E-state index >= 15 is 0 Å². The number of nitrogens with one attached hydrogen (secondary N) is 1. The summed E-state index contributed by atoms with van der Waals surface area (Å²) in [6, 6.07) is 11.1. The van der Waals surface area contributed by atoms with Crippen molar-refractivity contribution in [1.82, 2.24) is 5.32 Å². The van der Waals surface area contributed by atoms with Crippen molar-refractivity contribution < 1.29 is 9.59 Å². The number of amides is 2. The predicted molar refractivity (Wildman–Crippen MR) is 97.5 cm³/mol. The van der Waals surface area contributed by atoms with E-state index in [-0.39, 0.29) is 11.8 Å². The Balaban J connectivity index is 1.78. The average molecular weight is 342 g/mol. The Bertz CT molecular complexity index is 725. The van der Waals surface area contributed by atoms with Gasteiger partial charge in [0, 0.05) is 12.2 Å². The number of hydrogen-bond donors (Lipinski definition) is 1. The van der Waals surface area contributed by atoms with E-state index in [1.54, 1.807) is 6.07 Å². The number of rotatable bonds is 5. The van der Waals surface area contributed by atoms with Crippen LogP contribution in [0.3, 0.4) is 0 Å². The molecule has 2 heterocycles. The summed E-state index contributed by atoms with van der Waals surface area (Å²) in [5.41, 5.74) is 2.17. The van der Waals surface area contributed by atoms with Crippen LogP contribution >= 0.6 is 11.3 Å². The van der Waals surface area contributed by atoms with Gasteiger partial charge in [0.15, 0.2) is 0 Å². The lowest BCUT2D eigenvalue weighted by molar-refractivity contribution is -0.120. The zero-order valence-electron chi connectivity index (χ0n) is 14.0. The van der Waals surface area contributed by atoms with E-state index in [9.17, 15) is 9.59 Å². The van der Waals surface area contributed by atoms with Crippen LogP contribution in [-0.2, 0) is 11.2 Å². The molecule has 0 spiro atoms. The summed E-state index contributed by atoms with van der Waals surface area (Å²) in [5.74, 6) is 0.135. The number of fused-ring (bicyclic) bond motifs is 1. The number of carbonyl (C=O) groups is 2. The van der Waals surface area contributed by atoms with Crippen molar-refractivity contribution in [2.24, 2.45) is 5.92 Å². The average Bonchev–Trinajstić information content (AvgIpc) is 3.22. The van der Waals surface area contributed by atoms with Gasteiger partial charge in [-0.2, -0.15) is 0 Å². The number of benzene rings is 1. The second kappa shape index (κ2) is 7.18. The van der Waals surface area contributed by atoms with Gasteiger partial charge in [-0.15, -0.1) is 11.3 Å². The van der Waals surface area contributed by atoms with Crippen molar-refractivity contribution in [3.8, 4) is 0 Å². The standard InChI is InChI=1S/C19H22N2O2S/c1-13(2)12-15(20-18(22)17-8-5-11-24-17)19(23)21-10-9-14-6-3-4-7-16(14)21/h3-8,11,13,15H,9-10,12H2,1-2H3,(H,20,22)/t15-/m1/s1. The molecule has 0 aliphatic carbocycles. The lowest BCUT2D eigenvalue weighted by Crippen LogP contribution is -2.48. The first-order valence-electron chi connectivity index (χ1n) is 8.30. The van der Waals surface area contributed by atoms with Crippen molar-refractivity contribution in [2.45, 2.75) is 32.7 Å². The van der Waals surface area contributed by atoms with E-state index in [4.69, 9.17) is 0 Å². The number of para-hydroxylation sites is 1. The van der Waals surface area contributed by atoms with E-state index in [1.165, 1.54) is 16.9 Å². The maximum Gasteiger partial charge on any atom is 0.261 e. The van der Waals surface area contributed by atoms with Gasteiger partial charge in [-0.25, -0.2) is 0 Å². The van der Waals surface area contributed by atoms with Crippen LogP contribution < -0.4 is 10.2 Å². The molecular formula is C19H22N2O2S. The molecule has 1 aliphatic heterocycles. The Morgan fingerprint density at radius 3 is 2.71 bits per heavy atom. The number of hydrogen-bond acceptors (Lipinski definition) is 3. The van der Waals surface area contributed by atoms with Gasteiger partial charge in [0.25, 0.3) is 5.91 Å². The highest BCUT2D eigenvalue weighted by Crippen LogP contribution is 2.28. The number of anilines is 1. The van der Waals surface area contributed by atoms with Gasteiger partial charge in [-0.05, 0) is 41.8 Å². The van der Waals surface area contributed by atoms with Crippen LogP contribution in [0.25, 0.3) is 0 Å². The fraction of sp³-hybridized carbons (Fsp3) is 0.368. The lowest BCUT2D eigenvalue weighted by Gasteiger charge is -2.26. The summed E-state index contributed by atoms with van der Waals surface area (Å²) in [7, 11) is 0. The number of nitrogens with zero attached hydrogens (tertiary/aromatic N) is 1. The molecule has 0 saturated heterocycles. The third-order valence-corrected chi connectivity index (χ3v) is 5.08. The van der Waals surface area contributed by atoms with Crippen molar-refractivity contribution in [3.63, 3.8) is 0 Å². The first kappa shape index (κ1) is 16.7. The van der Waals surface area contributed by atoms with Crippen molar-refractivity contribution >= 4 is 28.8 Å². The summed E-state index contributed by atoms with van der Waals surface area (Å²) >= 11 is 1.39. The van der Waals surface area contributed by atoms with Gasteiger partial charge in [-0.3, -0.25) is 9.59 Å². The molecule has 5 heteroatoms. The summed E-state index contributed by atoms with van der Waals surface area (Å²) < 4.78 is 0. The molecule has 0 fully saturated rings. The van der Waals surface area contributed by atoms with E-state index in [1.807, 2.05) is 34.5 Å². The minimum atomic E-state index is -0.495. The summed E-state index contributed by atoms with van der Waals surface area (Å²) in [6.45, 7) is 4.81. The molecule has 2 aromatic rings. The molecule has 24 heavy (non-hydrogen) atoms. The van der Waals surface area contributed by atoms with Crippen LogP contribution in [0.2, 0.25) is 0 Å². The molecule has 1 atom stereocenters. The van der Waals surface area contributed by atoms with Gasteiger partial charge in [-0.1, -0.05) is 38.1 Å². The SMILES string of the molecule is CC(C)C[C@@H](NC(=O)c1cccs1)C(=O)N1CCc2ccccc21. The zero-order chi connectivity index (χ0) is 17.1. The monoisotopic (exact) mass is 342 g/mol. The van der Waals surface area contributed by atoms with Crippen LogP contribution in [-0.4, -0.2) is 24.4 Å².